The fraction of sp³-hybridized carbons (Fsp3) is 0.467. The summed E-state index contributed by atoms with van der Waals surface area (Å²) in [5.74, 6) is -0.428. The van der Waals surface area contributed by atoms with Gasteiger partial charge in [-0.1, -0.05) is 25.1 Å². The Hall–Kier alpha value is -1.88. The van der Waals surface area contributed by atoms with Crippen molar-refractivity contribution in [3.05, 3.63) is 30.3 Å². The van der Waals surface area contributed by atoms with Crippen molar-refractivity contribution in [1.82, 2.24) is 4.90 Å². The fourth-order valence-electron chi connectivity index (χ4n) is 1.84. The van der Waals surface area contributed by atoms with Gasteiger partial charge in [0.1, 0.15) is 0 Å². The first-order valence-electron chi connectivity index (χ1n) is 6.88. The van der Waals surface area contributed by atoms with Crippen LogP contribution in [0.15, 0.2) is 30.3 Å². The summed E-state index contributed by atoms with van der Waals surface area (Å²) >= 11 is 0. The Labute approximate surface area is 119 Å². The summed E-state index contributed by atoms with van der Waals surface area (Å²) < 4.78 is 4.91. The maximum atomic E-state index is 11.9. The highest BCUT2D eigenvalue weighted by atomic mass is 16.5. The third-order valence-corrected chi connectivity index (χ3v) is 2.62. The van der Waals surface area contributed by atoms with E-state index in [4.69, 9.17) is 4.74 Å². The van der Waals surface area contributed by atoms with Gasteiger partial charge < -0.3 is 10.1 Å². The highest BCUT2D eigenvalue weighted by Crippen LogP contribution is 2.05. The van der Waals surface area contributed by atoms with E-state index in [2.05, 4.69) is 5.32 Å². The van der Waals surface area contributed by atoms with Crippen molar-refractivity contribution in [1.29, 1.82) is 0 Å². The molecular weight excluding hydrogens is 256 g/mol. The molecule has 20 heavy (non-hydrogen) atoms. The van der Waals surface area contributed by atoms with Crippen molar-refractivity contribution in [2.24, 2.45) is 0 Å². The Balaban J connectivity index is 2.48. The first kappa shape index (κ1) is 16.2. The van der Waals surface area contributed by atoms with Crippen LogP contribution in [0.3, 0.4) is 0 Å². The number of nitrogens with zero attached hydrogens (tertiary/aromatic N) is 1. The number of esters is 1. The summed E-state index contributed by atoms with van der Waals surface area (Å²) in [6, 6.07) is 9.26. The van der Waals surface area contributed by atoms with E-state index in [-0.39, 0.29) is 25.0 Å². The molecule has 1 aromatic carbocycles. The van der Waals surface area contributed by atoms with Crippen LogP contribution in [0.5, 0.6) is 0 Å². The minimum absolute atomic E-state index is 0.131. The highest BCUT2D eigenvalue weighted by molar-refractivity contribution is 5.92. The van der Waals surface area contributed by atoms with Crippen molar-refractivity contribution in [2.45, 2.75) is 20.3 Å². The molecule has 0 spiro atoms. The molecule has 1 aromatic rings. The van der Waals surface area contributed by atoms with Crippen molar-refractivity contribution in [3.63, 3.8) is 0 Å². The first-order valence-corrected chi connectivity index (χ1v) is 6.88. The van der Waals surface area contributed by atoms with Crippen LogP contribution in [0.4, 0.5) is 5.69 Å². The van der Waals surface area contributed by atoms with Crippen LogP contribution in [-0.4, -0.2) is 43.0 Å². The van der Waals surface area contributed by atoms with Gasteiger partial charge in [-0.15, -0.1) is 0 Å². The number of anilines is 1. The van der Waals surface area contributed by atoms with Gasteiger partial charge >= 0.3 is 5.97 Å². The molecule has 1 amide bonds. The Morgan fingerprint density at radius 3 is 2.45 bits per heavy atom. The van der Waals surface area contributed by atoms with E-state index in [0.717, 1.165) is 12.1 Å². The molecule has 0 saturated carbocycles. The predicted molar refractivity (Wildman–Crippen MR) is 78.4 cm³/mol. The normalized spacial score (nSPS) is 10.3. The lowest BCUT2D eigenvalue weighted by Gasteiger charge is -2.19. The summed E-state index contributed by atoms with van der Waals surface area (Å²) in [6.07, 6.45) is 0.873. The lowest BCUT2D eigenvalue weighted by molar-refractivity contribution is -0.144. The monoisotopic (exact) mass is 278 g/mol. The number of hydrogen-bond acceptors (Lipinski definition) is 4. The Kier molecular flexibility index (Phi) is 7.35. The van der Waals surface area contributed by atoms with Gasteiger partial charge in [0.25, 0.3) is 0 Å². The molecule has 5 heteroatoms. The van der Waals surface area contributed by atoms with Crippen molar-refractivity contribution >= 4 is 17.6 Å². The molecule has 0 fully saturated rings. The Bertz CT molecular complexity index is 420. The van der Waals surface area contributed by atoms with Crippen LogP contribution in [0.25, 0.3) is 0 Å². The molecule has 0 radical (unpaired) electrons. The largest absolute Gasteiger partial charge is 0.465 e. The van der Waals surface area contributed by atoms with Crippen LogP contribution in [-0.2, 0) is 14.3 Å². The van der Waals surface area contributed by atoms with E-state index < -0.39 is 0 Å². The molecule has 0 aliphatic rings. The SMILES string of the molecule is CCCN(CC(=O)Nc1ccccc1)CC(=O)OCC. The minimum Gasteiger partial charge on any atom is -0.465 e. The molecule has 5 nitrogen and oxygen atoms in total. The van der Waals surface area contributed by atoms with E-state index in [1.165, 1.54) is 0 Å². The van der Waals surface area contributed by atoms with Crippen LogP contribution >= 0.6 is 0 Å². The van der Waals surface area contributed by atoms with Gasteiger partial charge in [0.15, 0.2) is 0 Å². The van der Waals surface area contributed by atoms with Crippen LogP contribution < -0.4 is 5.32 Å². The lowest BCUT2D eigenvalue weighted by atomic mass is 10.3. The number of carbonyl (C=O) groups excluding carboxylic acids is 2. The molecule has 0 aromatic heterocycles. The summed E-state index contributed by atoms with van der Waals surface area (Å²) in [4.78, 5) is 25.2. The van der Waals surface area contributed by atoms with Crippen LogP contribution in [0, 0.1) is 0 Å². The van der Waals surface area contributed by atoms with Gasteiger partial charge in [-0.25, -0.2) is 0 Å². The Morgan fingerprint density at radius 2 is 1.85 bits per heavy atom. The number of amides is 1. The van der Waals surface area contributed by atoms with Gasteiger partial charge in [0.2, 0.25) is 5.91 Å². The molecule has 1 rings (SSSR count). The number of rotatable bonds is 8. The second-order valence-electron chi connectivity index (χ2n) is 4.43. The average Bonchev–Trinajstić information content (AvgIpc) is 2.40. The summed E-state index contributed by atoms with van der Waals surface area (Å²) in [5.41, 5.74) is 0.755. The molecule has 0 aliphatic heterocycles. The molecule has 0 atom stereocenters. The standard InChI is InChI=1S/C15H22N2O3/c1-3-10-17(12-15(19)20-4-2)11-14(18)16-13-8-6-5-7-9-13/h5-9H,3-4,10-12H2,1-2H3,(H,16,18). The molecular formula is C15H22N2O3. The van der Waals surface area contributed by atoms with Crippen LogP contribution in [0.2, 0.25) is 0 Å². The lowest BCUT2D eigenvalue weighted by Crippen LogP contribution is -2.38. The van der Waals surface area contributed by atoms with Crippen molar-refractivity contribution < 1.29 is 14.3 Å². The summed E-state index contributed by atoms with van der Waals surface area (Å²) in [5, 5.41) is 2.80. The zero-order valence-electron chi connectivity index (χ0n) is 12.1. The Morgan fingerprint density at radius 1 is 1.15 bits per heavy atom. The molecule has 1 N–H and O–H groups in total. The van der Waals surface area contributed by atoms with E-state index in [0.29, 0.717) is 13.2 Å². The van der Waals surface area contributed by atoms with Crippen molar-refractivity contribution in [2.75, 3.05) is 31.6 Å². The predicted octanol–water partition coefficient (Wildman–Crippen LogP) is 1.90. The third-order valence-electron chi connectivity index (χ3n) is 2.62. The summed E-state index contributed by atoms with van der Waals surface area (Å²) in [6.45, 7) is 5.14. The maximum absolute atomic E-state index is 11.9. The molecule has 0 unspecified atom stereocenters. The summed E-state index contributed by atoms with van der Waals surface area (Å²) in [7, 11) is 0. The average molecular weight is 278 g/mol. The number of hydrogen-bond donors (Lipinski definition) is 1. The number of ether oxygens (including phenoxy) is 1. The molecule has 0 saturated heterocycles. The van der Waals surface area contributed by atoms with Gasteiger partial charge in [0.05, 0.1) is 19.7 Å². The van der Waals surface area contributed by atoms with Gasteiger partial charge in [-0.3, -0.25) is 14.5 Å². The van der Waals surface area contributed by atoms with Gasteiger partial charge in [0, 0.05) is 5.69 Å². The fourth-order valence-corrected chi connectivity index (χ4v) is 1.84. The maximum Gasteiger partial charge on any atom is 0.320 e. The number of para-hydroxylation sites is 1. The third kappa shape index (κ3) is 6.33. The second kappa shape index (κ2) is 9.09. The first-order chi connectivity index (χ1) is 9.65. The second-order valence-corrected chi connectivity index (χ2v) is 4.43. The van der Waals surface area contributed by atoms with E-state index in [9.17, 15) is 9.59 Å². The quantitative estimate of drug-likeness (QED) is 0.738. The molecule has 0 heterocycles. The number of nitrogens with one attached hydrogen (secondary N) is 1. The highest BCUT2D eigenvalue weighted by Gasteiger charge is 2.14. The number of benzene rings is 1. The van der Waals surface area contributed by atoms with Gasteiger partial charge in [-0.2, -0.15) is 0 Å². The van der Waals surface area contributed by atoms with Crippen molar-refractivity contribution in [3.8, 4) is 0 Å². The van der Waals surface area contributed by atoms with E-state index in [1.807, 2.05) is 37.3 Å². The van der Waals surface area contributed by atoms with Crippen LogP contribution in [0.1, 0.15) is 20.3 Å². The topological polar surface area (TPSA) is 58.6 Å². The zero-order chi connectivity index (χ0) is 14.8. The molecule has 110 valence electrons. The van der Waals surface area contributed by atoms with Gasteiger partial charge in [-0.05, 0) is 32.0 Å². The van der Waals surface area contributed by atoms with E-state index >= 15 is 0 Å². The van der Waals surface area contributed by atoms with E-state index in [1.54, 1.807) is 11.8 Å². The smallest absolute Gasteiger partial charge is 0.320 e. The molecule has 0 bridgehead atoms. The minimum atomic E-state index is -0.298. The number of carbonyl (C=O) groups is 2. The molecule has 0 aliphatic carbocycles. The zero-order valence-corrected chi connectivity index (χ0v) is 12.1.